The molecule has 0 unspecified atom stereocenters. The van der Waals surface area contributed by atoms with Crippen LogP contribution in [0.3, 0.4) is 0 Å². The van der Waals surface area contributed by atoms with Gasteiger partial charge < -0.3 is 18.9 Å². The molecule has 0 aliphatic heterocycles. The van der Waals surface area contributed by atoms with E-state index in [2.05, 4.69) is 354 Å². The fourth-order valence-corrected chi connectivity index (χ4v) is 16.1. The minimum atomic E-state index is -0.789. The average molecular weight is 1300 g/mol. The van der Waals surface area contributed by atoms with Crippen LogP contribution in [-0.2, 0) is 5.41 Å². The lowest BCUT2D eigenvalue weighted by Crippen LogP contribution is -2.28. The van der Waals surface area contributed by atoms with Crippen molar-refractivity contribution in [2.24, 2.45) is 0 Å². The van der Waals surface area contributed by atoms with Gasteiger partial charge in [-0.05, 0) is 195 Å². The minimum Gasteiger partial charge on any atom is -0.497 e. The monoisotopic (exact) mass is 1300 g/mol. The van der Waals surface area contributed by atoms with Crippen molar-refractivity contribution in [2.75, 3.05) is 28.4 Å². The first kappa shape index (κ1) is 63.3. The van der Waals surface area contributed by atoms with E-state index < -0.39 is 5.41 Å². The summed E-state index contributed by atoms with van der Waals surface area (Å²) >= 11 is 0. The van der Waals surface area contributed by atoms with Gasteiger partial charge in [-0.3, -0.25) is 0 Å². The van der Waals surface area contributed by atoms with Gasteiger partial charge in [-0.25, -0.2) is 0 Å². The molecule has 0 saturated heterocycles. The van der Waals surface area contributed by atoms with E-state index in [9.17, 15) is 0 Å². The van der Waals surface area contributed by atoms with Gasteiger partial charge in [0.15, 0.2) is 0 Å². The molecule has 486 valence electrons. The Hall–Kier alpha value is -12.5. The second-order valence-corrected chi connectivity index (χ2v) is 25.9. The summed E-state index contributed by atoms with van der Waals surface area (Å²) in [5.74, 6) is 2.94. The van der Waals surface area contributed by atoms with Crippen LogP contribution in [0.25, 0.3) is 134 Å². The van der Waals surface area contributed by atoms with Crippen LogP contribution in [0.2, 0.25) is 0 Å². The largest absolute Gasteiger partial charge is 0.497 e. The highest BCUT2D eigenvalue weighted by Gasteiger charge is 2.47. The Bertz CT molecular complexity index is 5250. The lowest BCUT2D eigenvalue weighted by atomic mass is 9.67. The third-order valence-electron chi connectivity index (χ3n) is 20.4. The van der Waals surface area contributed by atoms with Crippen LogP contribution in [-0.4, -0.2) is 28.4 Å². The Morgan fingerprint density at radius 1 is 0.208 bits per heavy atom. The van der Waals surface area contributed by atoms with Crippen molar-refractivity contribution in [3.8, 4) is 157 Å². The first-order valence-corrected chi connectivity index (χ1v) is 34.5. The SMILES string of the molecule is COc1ccc(C2(c3ccc(OC)cc3)c3cc(C)ccc3-c3ccc(-c4c(-c5ccccc5)c(-c5ccccc5)c(-c5cc(OC)c(-c6c(-c7ccccc7)c(-c7ccccc7)c(C)c(-c7ccccc7)c6-c6ccccc6)cc5OC)c(-c5ccccc5)c4-c4ccccc4)cc32)cc1. The Morgan fingerprint density at radius 2 is 0.475 bits per heavy atom. The molecule has 101 heavy (non-hydrogen) atoms. The Balaban J connectivity index is 1.09. The van der Waals surface area contributed by atoms with Crippen molar-refractivity contribution in [1.29, 1.82) is 0 Å². The van der Waals surface area contributed by atoms with Crippen LogP contribution < -0.4 is 18.9 Å². The molecule has 0 heterocycles. The van der Waals surface area contributed by atoms with Gasteiger partial charge in [0.1, 0.15) is 23.0 Å². The molecule has 0 bridgehead atoms. The number of rotatable bonds is 17. The number of benzene rings is 15. The van der Waals surface area contributed by atoms with Gasteiger partial charge in [-0.2, -0.15) is 0 Å². The van der Waals surface area contributed by atoms with Crippen molar-refractivity contribution in [3.63, 3.8) is 0 Å². The maximum atomic E-state index is 7.15. The predicted molar refractivity (Wildman–Crippen MR) is 419 cm³/mol. The number of ether oxygens (including phenoxy) is 4. The van der Waals surface area contributed by atoms with Gasteiger partial charge in [-0.1, -0.05) is 303 Å². The molecule has 0 radical (unpaired) electrons. The van der Waals surface area contributed by atoms with Gasteiger partial charge in [0, 0.05) is 22.3 Å². The molecule has 1 aliphatic carbocycles. The Labute approximate surface area is 592 Å². The Morgan fingerprint density at radius 3 is 0.782 bits per heavy atom. The van der Waals surface area contributed by atoms with Gasteiger partial charge in [0.2, 0.25) is 0 Å². The third kappa shape index (κ3) is 11.0. The number of hydrogen-bond donors (Lipinski definition) is 0. The highest BCUT2D eigenvalue weighted by atomic mass is 16.5. The average Bonchev–Trinajstić information content (AvgIpc) is 1.63. The van der Waals surface area contributed by atoms with Crippen molar-refractivity contribution < 1.29 is 18.9 Å². The molecule has 0 atom stereocenters. The summed E-state index contributed by atoms with van der Waals surface area (Å²) in [4.78, 5) is 0. The Kier molecular flexibility index (Phi) is 17.0. The molecule has 1 aliphatic rings. The number of hydrogen-bond acceptors (Lipinski definition) is 4. The summed E-state index contributed by atoms with van der Waals surface area (Å²) in [6, 6.07) is 124. The number of fused-ring (bicyclic) bond motifs is 3. The van der Waals surface area contributed by atoms with E-state index in [1.807, 2.05) is 14.2 Å². The minimum absolute atomic E-state index is 0.677. The molecule has 15 aromatic carbocycles. The molecule has 0 fully saturated rings. The molecular formula is C97H74O4. The van der Waals surface area contributed by atoms with Crippen LogP contribution in [0.15, 0.2) is 340 Å². The van der Waals surface area contributed by atoms with Crippen molar-refractivity contribution >= 4 is 0 Å². The van der Waals surface area contributed by atoms with Gasteiger partial charge in [0.25, 0.3) is 0 Å². The van der Waals surface area contributed by atoms with E-state index in [1.165, 1.54) is 33.4 Å². The highest BCUT2D eigenvalue weighted by molar-refractivity contribution is 6.17. The van der Waals surface area contributed by atoms with Crippen molar-refractivity contribution in [1.82, 2.24) is 0 Å². The zero-order valence-corrected chi connectivity index (χ0v) is 57.5. The zero-order valence-electron chi connectivity index (χ0n) is 57.5. The normalized spacial score (nSPS) is 11.9. The lowest BCUT2D eigenvalue weighted by molar-refractivity contribution is 0.406. The molecule has 0 amide bonds. The predicted octanol–water partition coefficient (Wildman–Crippen LogP) is 25.0. The maximum Gasteiger partial charge on any atom is 0.127 e. The van der Waals surface area contributed by atoms with E-state index >= 15 is 0 Å². The van der Waals surface area contributed by atoms with E-state index in [-0.39, 0.29) is 0 Å². The molecule has 0 N–H and O–H groups in total. The second-order valence-electron chi connectivity index (χ2n) is 25.9. The summed E-state index contributed by atoms with van der Waals surface area (Å²) in [6.45, 7) is 4.50. The quantitative estimate of drug-likeness (QED) is 0.0910. The van der Waals surface area contributed by atoms with Crippen LogP contribution >= 0.6 is 0 Å². The lowest BCUT2D eigenvalue weighted by Gasteiger charge is -2.35. The molecule has 0 saturated carbocycles. The molecule has 16 rings (SSSR count). The van der Waals surface area contributed by atoms with E-state index in [4.69, 9.17) is 18.9 Å². The fraction of sp³-hybridized carbons (Fsp3) is 0.0722. The molecule has 15 aromatic rings. The first-order chi connectivity index (χ1) is 49.8. The van der Waals surface area contributed by atoms with Crippen LogP contribution in [0, 0.1) is 13.8 Å². The fourth-order valence-electron chi connectivity index (χ4n) is 16.1. The van der Waals surface area contributed by atoms with E-state index in [0.29, 0.717) is 11.5 Å². The van der Waals surface area contributed by atoms with Crippen LogP contribution in [0.1, 0.15) is 33.4 Å². The summed E-state index contributed by atoms with van der Waals surface area (Å²) < 4.78 is 26.0. The molecule has 0 spiro atoms. The molecule has 4 nitrogen and oxygen atoms in total. The van der Waals surface area contributed by atoms with Gasteiger partial charge >= 0.3 is 0 Å². The topological polar surface area (TPSA) is 36.9 Å². The van der Waals surface area contributed by atoms with Gasteiger partial charge in [-0.15, -0.1) is 0 Å². The summed E-state index contributed by atoms with van der Waals surface area (Å²) in [7, 11) is 7.11. The smallest absolute Gasteiger partial charge is 0.127 e. The molecule has 0 aromatic heterocycles. The second kappa shape index (κ2) is 27.1. The zero-order chi connectivity index (χ0) is 68.6. The maximum absolute atomic E-state index is 7.15. The van der Waals surface area contributed by atoms with Crippen LogP contribution in [0.5, 0.6) is 23.0 Å². The number of aryl methyl sites for hydroxylation is 1. The van der Waals surface area contributed by atoms with Crippen molar-refractivity contribution in [2.45, 2.75) is 19.3 Å². The summed E-state index contributed by atoms with van der Waals surface area (Å²) in [6.07, 6.45) is 0. The van der Waals surface area contributed by atoms with E-state index in [1.54, 1.807) is 14.2 Å². The standard InChI is InChI=1S/C97H74O4/c1-63-47-57-78-79-58-48-73(60-83(79)97(82(78)59-63,74-49-53-76(98-3)54-50-74)75-51-55-77(99-4)56-52-75)94-90(69-39-23-11-24-40-69)92(71-43-27-13-28-44-71)96(93(72-45-29-14-30-46-72)91(94)70-41-25-12-26-42-70)81-62-84(100-5)80(61-85(81)101-6)95-88(67-35-19-9-20-36-67)86(65-31-15-7-16-32-65)64(2)87(66-33-17-8-18-34-66)89(95)68-37-21-10-22-38-68/h7-62H,1-6H3. The summed E-state index contributed by atoms with van der Waals surface area (Å²) in [5, 5.41) is 0. The molecular weight excluding hydrogens is 1230 g/mol. The summed E-state index contributed by atoms with van der Waals surface area (Å²) in [5.41, 5.74) is 31.7. The van der Waals surface area contributed by atoms with Crippen molar-refractivity contribution in [3.05, 3.63) is 373 Å². The third-order valence-corrected chi connectivity index (χ3v) is 20.4. The first-order valence-electron chi connectivity index (χ1n) is 34.5. The number of methoxy groups -OCH3 is 4. The highest BCUT2D eigenvalue weighted by Crippen LogP contribution is 2.63. The van der Waals surface area contributed by atoms with Gasteiger partial charge in [0.05, 0.1) is 33.9 Å². The van der Waals surface area contributed by atoms with Crippen LogP contribution in [0.4, 0.5) is 0 Å². The molecule has 4 heteroatoms. The van der Waals surface area contributed by atoms with E-state index in [0.717, 1.165) is 145 Å².